The number of halogens is 1. The molecule has 3 N–H and O–H groups in total. The Balaban J connectivity index is 1.46. The maximum atomic E-state index is 12.4. The molecule has 0 atom stereocenters. The fraction of sp³-hybridized carbons (Fsp3) is 0.278. The lowest BCUT2D eigenvalue weighted by Gasteiger charge is -2.11. The van der Waals surface area contributed by atoms with Crippen molar-refractivity contribution >= 4 is 23.4 Å². The molecule has 0 spiro atoms. The van der Waals surface area contributed by atoms with Gasteiger partial charge in [-0.15, -0.1) is 5.10 Å². The Morgan fingerprint density at radius 1 is 1.11 bits per heavy atom. The van der Waals surface area contributed by atoms with Crippen LogP contribution in [-0.4, -0.2) is 37.0 Å². The molecule has 2 amide bonds. The Morgan fingerprint density at radius 3 is 2.64 bits per heavy atom. The first-order valence-corrected chi connectivity index (χ1v) is 9.27. The van der Waals surface area contributed by atoms with Gasteiger partial charge >= 0.3 is 0 Å². The van der Waals surface area contributed by atoms with Crippen LogP contribution in [0.5, 0.6) is 0 Å². The van der Waals surface area contributed by atoms with Gasteiger partial charge < -0.3 is 0 Å². The van der Waals surface area contributed by atoms with Crippen molar-refractivity contribution < 1.29 is 9.59 Å². The topological polar surface area (TPSA) is 118 Å². The van der Waals surface area contributed by atoms with Crippen molar-refractivity contribution in [2.75, 3.05) is 0 Å². The van der Waals surface area contributed by atoms with Crippen LogP contribution in [-0.2, 0) is 12.8 Å². The average molecular weight is 400 g/mol. The van der Waals surface area contributed by atoms with Gasteiger partial charge in [0.2, 0.25) is 0 Å². The number of benzene rings is 1. The van der Waals surface area contributed by atoms with Crippen LogP contribution in [0.3, 0.4) is 0 Å². The van der Waals surface area contributed by atoms with Gasteiger partial charge in [-0.3, -0.25) is 25.5 Å². The van der Waals surface area contributed by atoms with Crippen molar-refractivity contribution in [1.82, 2.24) is 36.0 Å². The van der Waals surface area contributed by atoms with Crippen molar-refractivity contribution in [2.24, 2.45) is 0 Å². The van der Waals surface area contributed by atoms with E-state index in [1.807, 2.05) is 0 Å². The smallest absolute Gasteiger partial charge is 0.281 e. The maximum Gasteiger partial charge on any atom is 0.292 e. The number of aromatic nitrogens is 5. The van der Waals surface area contributed by atoms with Gasteiger partial charge in [-0.25, -0.2) is 0 Å². The van der Waals surface area contributed by atoms with Crippen LogP contribution in [0, 0.1) is 6.92 Å². The second-order valence-corrected chi connectivity index (χ2v) is 6.98. The van der Waals surface area contributed by atoms with Gasteiger partial charge in [-0.2, -0.15) is 15.0 Å². The third kappa shape index (κ3) is 3.48. The van der Waals surface area contributed by atoms with Crippen LogP contribution in [0.4, 0.5) is 0 Å². The maximum absolute atomic E-state index is 12.4. The largest absolute Gasteiger partial charge is 0.292 e. The number of nitrogens with zero attached hydrogens (tertiary/aromatic N) is 4. The molecular weight excluding hydrogens is 382 g/mol. The number of hydrogen-bond acceptors (Lipinski definition) is 5. The molecule has 0 radical (unpaired) electrons. The van der Waals surface area contributed by atoms with Crippen LogP contribution in [0.1, 0.15) is 50.8 Å². The minimum Gasteiger partial charge on any atom is -0.281 e. The summed E-state index contributed by atoms with van der Waals surface area (Å²) in [6.45, 7) is 1.66. The molecule has 0 saturated carbocycles. The summed E-state index contributed by atoms with van der Waals surface area (Å²) in [4.78, 5) is 26.2. The van der Waals surface area contributed by atoms with Crippen LogP contribution in [0.2, 0.25) is 5.02 Å². The molecule has 1 aliphatic carbocycles. The van der Waals surface area contributed by atoms with E-state index in [1.165, 1.54) is 4.80 Å². The number of hydrazine groups is 1. The Kier molecular flexibility index (Phi) is 4.82. The summed E-state index contributed by atoms with van der Waals surface area (Å²) in [5.74, 6) is -1.03. The lowest BCUT2D eigenvalue weighted by molar-refractivity contribution is 0.0840. The van der Waals surface area contributed by atoms with Crippen molar-refractivity contribution in [1.29, 1.82) is 0 Å². The highest BCUT2D eigenvalue weighted by molar-refractivity contribution is 6.30. The van der Waals surface area contributed by atoms with Crippen LogP contribution in [0.25, 0.3) is 5.69 Å². The first-order chi connectivity index (χ1) is 13.5. The highest BCUT2D eigenvalue weighted by Gasteiger charge is 2.23. The van der Waals surface area contributed by atoms with E-state index in [4.69, 9.17) is 11.6 Å². The molecule has 0 saturated heterocycles. The summed E-state index contributed by atoms with van der Waals surface area (Å²) < 4.78 is 0. The van der Waals surface area contributed by atoms with Crippen LogP contribution in [0.15, 0.2) is 24.3 Å². The van der Waals surface area contributed by atoms with Gasteiger partial charge in [0, 0.05) is 16.3 Å². The summed E-state index contributed by atoms with van der Waals surface area (Å²) in [5.41, 5.74) is 8.15. The van der Waals surface area contributed by atoms with Crippen molar-refractivity contribution in [3.05, 3.63) is 57.6 Å². The Labute approximate surface area is 165 Å². The van der Waals surface area contributed by atoms with Gasteiger partial charge in [-0.05, 0) is 50.8 Å². The van der Waals surface area contributed by atoms with Crippen LogP contribution >= 0.6 is 11.6 Å². The van der Waals surface area contributed by atoms with E-state index in [0.717, 1.165) is 36.9 Å². The molecule has 28 heavy (non-hydrogen) atoms. The van der Waals surface area contributed by atoms with Gasteiger partial charge in [0.25, 0.3) is 11.8 Å². The second kappa shape index (κ2) is 7.43. The number of rotatable bonds is 3. The molecule has 3 aromatic rings. The molecule has 0 unspecified atom stereocenters. The summed E-state index contributed by atoms with van der Waals surface area (Å²) >= 11 is 5.98. The molecule has 10 heteroatoms. The SMILES string of the molecule is Cc1nn(-c2cccc(Cl)c2)nc1C(=O)NNC(=O)c1n[nH]c2c1CCCC2. The number of amides is 2. The molecule has 1 aliphatic rings. The van der Waals surface area contributed by atoms with E-state index in [1.54, 1.807) is 31.2 Å². The third-order valence-corrected chi connectivity index (χ3v) is 4.83. The van der Waals surface area contributed by atoms with Gasteiger partial charge in [0.1, 0.15) is 0 Å². The van der Waals surface area contributed by atoms with E-state index in [9.17, 15) is 9.59 Å². The number of fused-ring (bicyclic) bond motifs is 1. The molecule has 4 rings (SSSR count). The molecule has 9 nitrogen and oxygen atoms in total. The van der Waals surface area contributed by atoms with Gasteiger partial charge in [0.15, 0.2) is 11.4 Å². The first kappa shape index (κ1) is 18.2. The van der Waals surface area contributed by atoms with Gasteiger partial charge in [0.05, 0.1) is 11.4 Å². The molecule has 2 heterocycles. The predicted molar refractivity (Wildman–Crippen MR) is 101 cm³/mol. The second-order valence-electron chi connectivity index (χ2n) is 6.55. The van der Waals surface area contributed by atoms with E-state index < -0.39 is 11.8 Å². The zero-order valence-electron chi connectivity index (χ0n) is 15.1. The normalized spacial score (nSPS) is 13.1. The fourth-order valence-corrected chi connectivity index (χ4v) is 3.39. The minimum atomic E-state index is -0.566. The molecule has 1 aromatic carbocycles. The number of carbonyl (C=O) groups excluding carboxylic acids is 2. The summed E-state index contributed by atoms with van der Waals surface area (Å²) in [6, 6.07) is 6.96. The Hall–Kier alpha value is -3.20. The highest BCUT2D eigenvalue weighted by atomic mass is 35.5. The number of carbonyl (C=O) groups is 2. The standard InChI is InChI=1S/C18H18ClN7O2/c1-10-15(25-26(24-10)12-6-4-5-11(19)9-12)17(27)22-23-18(28)16-13-7-2-3-8-14(13)20-21-16/h4-6,9H,2-3,7-8H2,1H3,(H,20,21)(H,22,27)(H,23,28). The number of H-pyrrole nitrogens is 1. The molecule has 0 fully saturated rings. The van der Waals surface area contributed by atoms with E-state index in [-0.39, 0.29) is 5.69 Å². The minimum absolute atomic E-state index is 0.101. The Morgan fingerprint density at radius 2 is 1.86 bits per heavy atom. The van der Waals surface area contributed by atoms with E-state index >= 15 is 0 Å². The number of hydrogen-bond donors (Lipinski definition) is 3. The quantitative estimate of drug-likeness (QED) is 0.581. The third-order valence-electron chi connectivity index (χ3n) is 4.60. The van der Waals surface area contributed by atoms with Crippen LogP contribution < -0.4 is 10.9 Å². The number of aryl methyl sites for hydroxylation is 2. The summed E-state index contributed by atoms with van der Waals surface area (Å²) in [6.07, 6.45) is 3.78. The van der Waals surface area contributed by atoms with E-state index in [0.29, 0.717) is 22.1 Å². The fourth-order valence-electron chi connectivity index (χ4n) is 3.21. The monoisotopic (exact) mass is 399 g/mol. The molecule has 0 aliphatic heterocycles. The summed E-state index contributed by atoms with van der Waals surface area (Å²) in [5, 5.41) is 15.9. The first-order valence-electron chi connectivity index (χ1n) is 8.89. The average Bonchev–Trinajstić information content (AvgIpc) is 3.29. The highest BCUT2D eigenvalue weighted by Crippen LogP contribution is 2.21. The molecular formula is C18H18ClN7O2. The van der Waals surface area contributed by atoms with Gasteiger partial charge in [-0.1, -0.05) is 17.7 Å². The predicted octanol–water partition coefficient (Wildman–Crippen LogP) is 1.91. The van der Waals surface area contributed by atoms with Crippen molar-refractivity contribution in [3.63, 3.8) is 0 Å². The van der Waals surface area contributed by atoms with Crippen molar-refractivity contribution in [3.8, 4) is 5.69 Å². The lowest BCUT2D eigenvalue weighted by Crippen LogP contribution is -2.42. The lowest BCUT2D eigenvalue weighted by atomic mass is 9.96. The number of nitrogens with one attached hydrogen (secondary N) is 3. The summed E-state index contributed by atoms with van der Waals surface area (Å²) in [7, 11) is 0. The zero-order valence-corrected chi connectivity index (χ0v) is 15.9. The molecule has 2 aromatic heterocycles. The van der Waals surface area contributed by atoms with Crippen molar-refractivity contribution in [2.45, 2.75) is 32.6 Å². The Bertz CT molecular complexity index is 1060. The molecule has 0 bridgehead atoms. The number of aromatic amines is 1. The zero-order chi connectivity index (χ0) is 19.7. The molecule has 144 valence electrons. The van der Waals surface area contributed by atoms with E-state index in [2.05, 4.69) is 31.2 Å².